The van der Waals surface area contributed by atoms with Crippen LogP contribution in [0.4, 0.5) is 0 Å². The van der Waals surface area contributed by atoms with E-state index in [0.29, 0.717) is 19.8 Å². The molecule has 0 bridgehead atoms. The summed E-state index contributed by atoms with van der Waals surface area (Å²) in [5.74, 6) is 0.789. The zero-order valence-electron chi connectivity index (χ0n) is 16.1. The van der Waals surface area contributed by atoms with Gasteiger partial charge in [-0.15, -0.1) is 0 Å². The molecule has 0 aliphatic heterocycles. The molecule has 0 aliphatic carbocycles. The standard InChI is InChI=1S/C21H26NO4P/c1-4-25-27(23,26-5-2)16-18-15-22(14-17-10-7-6-8-11-17)21-19(18)12-9-13-20(21)24-3/h6-13,15H,4-5,14,16H2,1-3H3. The molecule has 0 radical (unpaired) electrons. The van der Waals surface area contributed by atoms with E-state index in [9.17, 15) is 4.57 Å². The number of hydrogen-bond acceptors (Lipinski definition) is 4. The van der Waals surface area contributed by atoms with Crippen LogP contribution in [0.1, 0.15) is 25.0 Å². The lowest BCUT2D eigenvalue weighted by atomic mass is 10.2. The maximum Gasteiger partial charge on any atom is 0.335 e. The zero-order chi connectivity index (χ0) is 19.3. The van der Waals surface area contributed by atoms with Gasteiger partial charge in [-0.05, 0) is 31.0 Å². The number of ether oxygens (including phenoxy) is 1. The summed E-state index contributed by atoms with van der Waals surface area (Å²) in [6, 6.07) is 16.1. The van der Waals surface area contributed by atoms with Crippen molar-refractivity contribution in [3.8, 4) is 5.75 Å². The van der Waals surface area contributed by atoms with E-state index in [2.05, 4.69) is 16.7 Å². The molecule has 0 fully saturated rings. The Morgan fingerprint density at radius 3 is 2.30 bits per heavy atom. The van der Waals surface area contributed by atoms with E-state index in [-0.39, 0.29) is 6.16 Å². The van der Waals surface area contributed by atoms with Crippen LogP contribution < -0.4 is 4.74 Å². The molecule has 0 amide bonds. The summed E-state index contributed by atoms with van der Waals surface area (Å²) in [5, 5.41) is 1.00. The summed E-state index contributed by atoms with van der Waals surface area (Å²) in [6.07, 6.45) is 2.27. The van der Waals surface area contributed by atoms with E-state index in [0.717, 1.165) is 22.2 Å². The molecule has 2 aromatic carbocycles. The highest BCUT2D eigenvalue weighted by molar-refractivity contribution is 7.53. The predicted molar refractivity (Wildman–Crippen MR) is 109 cm³/mol. The molecule has 1 aromatic heterocycles. The number of aromatic nitrogens is 1. The molecule has 3 aromatic rings. The molecule has 0 spiro atoms. The number of para-hydroxylation sites is 1. The SMILES string of the molecule is CCOP(=O)(Cc1cn(Cc2ccccc2)c2c(OC)cccc12)OCC. The number of rotatable bonds is 9. The van der Waals surface area contributed by atoms with Crippen molar-refractivity contribution in [1.82, 2.24) is 4.57 Å². The first-order chi connectivity index (χ1) is 13.1. The summed E-state index contributed by atoms with van der Waals surface area (Å²) in [7, 11) is -1.53. The normalized spacial score (nSPS) is 11.8. The van der Waals surface area contributed by atoms with E-state index in [1.807, 2.05) is 56.4 Å². The van der Waals surface area contributed by atoms with Gasteiger partial charge in [-0.2, -0.15) is 0 Å². The van der Waals surface area contributed by atoms with Gasteiger partial charge in [-0.3, -0.25) is 4.57 Å². The Labute approximate surface area is 160 Å². The molecular weight excluding hydrogens is 361 g/mol. The van der Waals surface area contributed by atoms with Crippen LogP contribution >= 0.6 is 7.60 Å². The smallest absolute Gasteiger partial charge is 0.335 e. The van der Waals surface area contributed by atoms with Crippen molar-refractivity contribution in [2.45, 2.75) is 26.6 Å². The van der Waals surface area contributed by atoms with Crippen molar-refractivity contribution < 1.29 is 18.3 Å². The van der Waals surface area contributed by atoms with Gasteiger partial charge in [0.2, 0.25) is 0 Å². The molecular formula is C21H26NO4P. The second kappa shape index (κ2) is 8.75. The highest BCUT2D eigenvalue weighted by Crippen LogP contribution is 2.52. The second-order valence-electron chi connectivity index (χ2n) is 6.23. The molecule has 3 rings (SSSR count). The van der Waals surface area contributed by atoms with Gasteiger partial charge in [0.15, 0.2) is 0 Å². The minimum absolute atomic E-state index is 0.236. The van der Waals surface area contributed by atoms with Gasteiger partial charge in [0.05, 0.1) is 32.0 Å². The molecule has 0 unspecified atom stereocenters. The quantitative estimate of drug-likeness (QED) is 0.457. The maximum absolute atomic E-state index is 13.1. The van der Waals surface area contributed by atoms with Crippen molar-refractivity contribution in [1.29, 1.82) is 0 Å². The first-order valence-electron chi connectivity index (χ1n) is 9.17. The number of nitrogens with zero attached hydrogens (tertiary/aromatic N) is 1. The maximum atomic E-state index is 13.1. The summed E-state index contributed by atoms with van der Waals surface area (Å²) in [5.41, 5.74) is 3.10. The minimum Gasteiger partial charge on any atom is -0.495 e. The third-order valence-corrected chi connectivity index (χ3v) is 6.41. The molecule has 27 heavy (non-hydrogen) atoms. The van der Waals surface area contributed by atoms with Gasteiger partial charge >= 0.3 is 7.60 Å². The third-order valence-electron chi connectivity index (χ3n) is 4.38. The van der Waals surface area contributed by atoms with Crippen LogP contribution in [-0.2, 0) is 26.3 Å². The number of fused-ring (bicyclic) bond motifs is 1. The predicted octanol–water partition coefficient (Wildman–Crippen LogP) is 5.46. The largest absolute Gasteiger partial charge is 0.495 e. The Hall–Kier alpha value is -2.07. The number of hydrogen-bond donors (Lipinski definition) is 0. The van der Waals surface area contributed by atoms with E-state index in [1.165, 1.54) is 5.56 Å². The van der Waals surface area contributed by atoms with Crippen molar-refractivity contribution in [3.05, 3.63) is 65.9 Å². The van der Waals surface area contributed by atoms with E-state index in [1.54, 1.807) is 7.11 Å². The van der Waals surface area contributed by atoms with Gasteiger partial charge in [-0.1, -0.05) is 42.5 Å². The zero-order valence-corrected chi connectivity index (χ0v) is 16.9. The van der Waals surface area contributed by atoms with Gasteiger partial charge in [0, 0.05) is 18.1 Å². The Bertz CT molecular complexity index is 926. The van der Waals surface area contributed by atoms with Gasteiger partial charge in [0.25, 0.3) is 0 Å². The van der Waals surface area contributed by atoms with Crippen LogP contribution in [0, 0.1) is 0 Å². The molecule has 0 atom stereocenters. The highest BCUT2D eigenvalue weighted by atomic mass is 31.2. The van der Waals surface area contributed by atoms with E-state index < -0.39 is 7.60 Å². The highest BCUT2D eigenvalue weighted by Gasteiger charge is 2.27. The summed E-state index contributed by atoms with van der Waals surface area (Å²) in [4.78, 5) is 0. The molecule has 5 nitrogen and oxygen atoms in total. The van der Waals surface area contributed by atoms with Gasteiger partial charge in [0.1, 0.15) is 5.75 Å². The first kappa shape index (κ1) is 19.7. The fourth-order valence-corrected chi connectivity index (χ4v) is 5.04. The first-order valence-corrected chi connectivity index (χ1v) is 10.9. The topological polar surface area (TPSA) is 49.7 Å². The van der Waals surface area contributed by atoms with Crippen molar-refractivity contribution in [3.63, 3.8) is 0 Å². The van der Waals surface area contributed by atoms with Gasteiger partial charge < -0.3 is 18.4 Å². The van der Waals surface area contributed by atoms with Crippen LogP contribution in [0.3, 0.4) is 0 Å². The Morgan fingerprint density at radius 2 is 1.67 bits per heavy atom. The Balaban J connectivity index is 2.07. The monoisotopic (exact) mass is 387 g/mol. The molecule has 144 valence electrons. The van der Waals surface area contributed by atoms with E-state index >= 15 is 0 Å². The molecule has 1 heterocycles. The summed E-state index contributed by atoms with van der Waals surface area (Å²) >= 11 is 0. The van der Waals surface area contributed by atoms with Crippen LogP contribution in [0.25, 0.3) is 10.9 Å². The van der Waals surface area contributed by atoms with E-state index in [4.69, 9.17) is 13.8 Å². The van der Waals surface area contributed by atoms with Crippen LogP contribution in [-0.4, -0.2) is 24.9 Å². The lowest BCUT2D eigenvalue weighted by Crippen LogP contribution is -2.00. The molecule has 6 heteroatoms. The van der Waals surface area contributed by atoms with Crippen molar-refractivity contribution >= 4 is 18.5 Å². The summed E-state index contributed by atoms with van der Waals surface area (Å²) < 4.78 is 31.8. The van der Waals surface area contributed by atoms with Gasteiger partial charge in [-0.25, -0.2) is 0 Å². The Kier molecular flexibility index (Phi) is 6.38. The lowest BCUT2D eigenvalue weighted by molar-refractivity contribution is 0.219. The fourth-order valence-electron chi connectivity index (χ4n) is 3.33. The van der Waals surface area contributed by atoms with Crippen molar-refractivity contribution in [2.75, 3.05) is 20.3 Å². The van der Waals surface area contributed by atoms with Crippen LogP contribution in [0.15, 0.2) is 54.7 Å². The number of methoxy groups -OCH3 is 1. The summed E-state index contributed by atoms with van der Waals surface area (Å²) in [6.45, 7) is 5.05. The fraction of sp³-hybridized carbons (Fsp3) is 0.333. The lowest BCUT2D eigenvalue weighted by Gasteiger charge is -2.16. The minimum atomic E-state index is -3.19. The number of benzene rings is 2. The van der Waals surface area contributed by atoms with Crippen LogP contribution in [0.5, 0.6) is 5.75 Å². The van der Waals surface area contributed by atoms with Crippen molar-refractivity contribution in [2.24, 2.45) is 0 Å². The molecule has 0 N–H and O–H groups in total. The second-order valence-corrected chi connectivity index (χ2v) is 8.28. The molecule has 0 aliphatic rings. The average Bonchev–Trinajstić information content (AvgIpc) is 3.00. The average molecular weight is 387 g/mol. The van der Waals surface area contributed by atoms with Crippen LogP contribution in [0.2, 0.25) is 0 Å². The molecule has 0 saturated carbocycles. The molecule has 0 saturated heterocycles. The third kappa shape index (κ3) is 4.44. The Morgan fingerprint density at radius 1 is 0.963 bits per heavy atom.